The van der Waals surface area contributed by atoms with E-state index >= 15 is 0 Å². The molecule has 96 valence electrons. The first-order valence-corrected chi connectivity index (χ1v) is 5.85. The number of rotatable bonds is 3. The van der Waals surface area contributed by atoms with Gasteiger partial charge in [0.15, 0.2) is 18.9 Å². The molecule has 0 spiro atoms. The summed E-state index contributed by atoms with van der Waals surface area (Å²) in [5.41, 5.74) is 2.27. The van der Waals surface area contributed by atoms with Crippen molar-refractivity contribution >= 4 is 0 Å². The van der Waals surface area contributed by atoms with Gasteiger partial charge in [0.2, 0.25) is 5.89 Å². The van der Waals surface area contributed by atoms with Gasteiger partial charge in [-0.3, -0.25) is 0 Å². The van der Waals surface area contributed by atoms with Crippen LogP contribution in [-0.2, 0) is 6.54 Å². The molecular formula is C15H13BrN2O. The zero-order chi connectivity index (χ0) is 12.2. The summed E-state index contributed by atoms with van der Waals surface area (Å²) in [7, 11) is 0. The first-order chi connectivity index (χ1) is 8.92. The van der Waals surface area contributed by atoms with E-state index in [1.807, 2.05) is 30.6 Å². The second kappa shape index (κ2) is 6.29. The number of nitrogens with zero attached hydrogens (tertiary/aromatic N) is 2. The molecule has 0 saturated carbocycles. The molecule has 3 aromatic rings. The van der Waals surface area contributed by atoms with Crippen molar-refractivity contribution in [2.24, 2.45) is 0 Å². The normalized spacial score (nSPS) is 9.89. The summed E-state index contributed by atoms with van der Waals surface area (Å²) in [6.45, 7) is 0.868. The van der Waals surface area contributed by atoms with E-state index < -0.39 is 0 Å². The lowest BCUT2D eigenvalue weighted by Crippen LogP contribution is -3.00. The highest BCUT2D eigenvalue weighted by molar-refractivity contribution is 5.50. The molecule has 19 heavy (non-hydrogen) atoms. The van der Waals surface area contributed by atoms with Crippen LogP contribution in [0.4, 0.5) is 0 Å². The van der Waals surface area contributed by atoms with Crippen molar-refractivity contribution in [3.63, 3.8) is 0 Å². The highest BCUT2D eigenvalue weighted by Crippen LogP contribution is 2.14. The van der Waals surface area contributed by atoms with Gasteiger partial charge in [0.1, 0.15) is 6.26 Å². The summed E-state index contributed by atoms with van der Waals surface area (Å²) < 4.78 is 7.38. The van der Waals surface area contributed by atoms with Gasteiger partial charge in [0, 0.05) is 23.3 Å². The first kappa shape index (κ1) is 13.5. The van der Waals surface area contributed by atoms with Crippen molar-refractivity contribution in [2.45, 2.75) is 6.54 Å². The molecular weight excluding hydrogens is 304 g/mol. The molecule has 0 atom stereocenters. The lowest BCUT2D eigenvalue weighted by Gasteiger charge is -1.98. The SMILES string of the molecule is [Br-].c1ccc(C[n+]2ccc(-c3ncco3)cc2)cc1. The number of aromatic nitrogens is 2. The molecule has 0 bridgehead atoms. The van der Waals surface area contributed by atoms with Crippen molar-refractivity contribution in [1.29, 1.82) is 0 Å². The molecule has 0 aliphatic carbocycles. The minimum absolute atomic E-state index is 0. The Balaban J connectivity index is 0.00000133. The lowest BCUT2D eigenvalue weighted by atomic mass is 10.2. The van der Waals surface area contributed by atoms with E-state index in [4.69, 9.17) is 4.42 Å². The fourth-order valence-electron chi connectivity index (χ4n) is 1.87. The minimum atomic E-state index is 0. The third-order valence-electron chi connectivity index (χ3n) is 2.78. The maximum Gasteiger partial charge on any atom is 0.226 e. The molecule has 4 heteroatoms. The molecule has 0 aliphatic rings. The highest BCUT2D eigenvalue weighted by Gasteiger charge is 2.06. The molecule has 2 aromatic heterocycles. The van der Waals surface area contributed by atoms with Gasteiger partial charge in [-0.25, -0.2) is 9.55 Å². The summed E-state index contributed by atoms with van der Waals surface area (Å²) in [5, 5.41) is 0. The second-order valence-corrected chi connectivity index (χ2v) is 4.08. The molecule has 3 rings (SSSR count). The molecule has 0 amide bonds. The van der Waals surface area contributed by atoms with Crippen LogP contribution in [0, 0.1) is 0 Å². The topological polar surface area (TPSA) is 29.9 Å². The van der Waals surface area contributed by atoms with Gasteiger partial charge >= 0.3 is 0 Å². The quantitative estimate of drug-likeness (QED) is 0.620. The van der Waals surface area contributed by atoms with Crippen LogP contribution >= 0.6 is 0 Å². The average molecular weight is 317 g/mol. The van der Waals surface area contributed by atoms with Crippen molar-refractivity contribution in [3.05, 3.63) is 72.9 Å². The van der Waals surface area contributed by atoms with E-state index in [2.05, 4.69) is 33.8 Å². The van der Waals surface area contributed by atoms with E-state index in [0.29, 0.717) is 5.89 Å². The fourth-order valence-corrected chi connectivity index (χ4v) is 1.87. The second-order valence-electron chi connectivity index (χ2n) is 4.08. The Hall–Kier alpha value is -1.94. The number of benzene rings is 1. The molecule has 0 N–H and O–H groups in total. The van der Waals surface area contributed by atoms with E-state index in [1.165, 1.54) is 5.56 Å². The molecule has 1 aromatic carbocycles. The van der Waals surface area contributed by atoms with Crippen molar-refractivity contribution in [3.8, 4) is 11.5 Å². The van der Waals surface area contributed by atoms with E-state index in [9.17, 15) is 0 Å². The summed E-state index contributed by atoms with van der Waals surface area (Å²) in [6, 6.07) is 14.4. The zero-order valence-electron chi connectivity index (χ0n) is 10.2. The Morgan fingerprint density at radius 2 is 1.74 bits per heavy atom. The monoisotopic (exact) mass is 316 g/mol. The van der Waals surface area contributed by atoms with Crippen molar-refractivity contribution in [1.82, 2.24) is 4.98 Å². The predicted octanol–water partition coefficient (Wildman–Crippen LogP) is -0.319. The Labute approximate surface area is 122 Å². The standard InChI is InChI=1S/C15H13N2O.BrH/c1-2-4-13(5-3-1)12-17-9-6-14(7-10-17)15-16-8-11-18-15;/h1-11H,12H2;1H/q+1;/p-1. The van der Waals surface area contributed by atoms with Gasteiger partial charge in [-0.05, 0) is 0 Å². The molecule has 0 aliphatic heterocycles. The van der Waals surface area contributed by atoms with Crippen LogP contribution in [0.5, 0.6) is 0 Å². The summed E-state index contributed by atoms with van der Waals surface area (Å²) in [4.78, 5) is 4.12. The van der Waals surface area contributed by atoms with Gasteiger partial charge < -0.3 is 21.4 Å². The van der Waals surface area contributed by atoms with Crippen LogP contribution in [0.25, 0.3) is 11.5 Å². The van der Waals surface area contributed by atoms with Crippen molar-refractivity contribution < 1.29 is 26.0 Å². The van der Waals surface area contributed by atoms with Gasteiger partial charge in [0.05, 0.1) is 6.20 Å². The van der Waals surface area contributed by atoms with Crippen LogP contribution in [0.1, 0.15) is 5.56 Å². The minimum Gasteiger partial charge on any atom is -1.00 e. The third kappa shape index (κ3) is 3.29. The van der Waals surface area contributed by atoms with Crippen LogP contribution in [0.15, 0.2) is 71.7 Å². The average Bonchev–Trinajstić information content (AvgIpc) is 2.95. The smallest absolute Gasteiger partial charge is 0.226 e. The van der Waals surface area contributed by atoms with Crippen LogP contribution < -0.4 is 21.5 Å². The third-order valence-corrected chi connectivity index (χ3v) is 2.78. The van der Waals surface area contributed by atoms with Gasteiger partial charge in [-0.2, -0.15) is 0 Å². The van der Waals surface area contributed by atoms with Crippen LogP contribution in [0.2, 0.25) is 0 Å². The maximum absolute atomic E-state index is 5.26. The van der Waals surface area contributed by atoms with Gasteiger partial charge in [-0.1, -0.05) is 30.3 Å². The summed E-state index contributed by atoms with van der Waals surface area (Å²) >= 11 is 0. The maximum atomic E-state index is 5.26. The number of oxazole rings is 1. The fraction of sp³-hybridized carbons (Fsp3) is 0.0667. The van der Waals surface area contributed by atoms with E-state index in [-0.39, 0.29) is 17.0 Å². The largest absolute Gasteiger partial charge is 1.00 e. The molecule has 0 fully saturated rings. The Morgan fingerprint density at radius 1 is 1.00 bits per heavy atom. The zero-order valence-corrected chi connectivity index (χ0v) is 11.8. The predicted molar refractivity (Wildman–Crippen MR) is 67.7 cm³/mol. The first-order valence-electron chi connectivity index (χ1n) is 5.85. The Kier molecular flexibility index (Phi) is 4.47. The van der Waals surface area contributed by atoms with Crippen LogP contribution in [-0.4, -0.2) is 4.98 Å². The number of halogens is 1. The Bertz CT molecular complexity index is 606. The molecule has 0 saturated heterocycles. The molecule has 0 radical (unpaired) electrons. The van der Waals surface area contributed by atoms with Gasteiger partial charge in [0.25, 0.3) is 0 Å². The molecule has 2 heterocycles. The number of hydrogen-bond donors (Lipinski definition) is 0. The number of pyridine rings is 1. The summed E-state index contributed by atoms with van der Waals surface area (Å²) in [6.07, 6.45) is 7.31. The molecule has 3 nitrogen and oxygen atoms in total. The van der Waals surface area contributed by atoms with Gasteiger partial charge in [-0.15, -0.1) is 0 Å². The summed E-state index contributed by atoms with van der Waals surface area (Å²) in [5.74, 6) is 0.655. The van der Waals surface area contributed by atoms with E-state index in [1.54, 1.807) is 12.5 Å². The van der Waals surface area contributed by atoms with Crippen molar-refractivity contribution in [2.75, 3.05) is 0 Å². The van der Waals surface area contributed by atoms with Crippen LogP contribution in [0.3, 0.4) is 0 Å². The molecule has 0 unspecified atom stereocenters. The Morgan fingerprint density at radius 3 is 2.37 bits per heavy atom. The van der Waals surface area contributed by atoms with E-state index in [0.717, 1.165) is 12.1 Å². The lowest BCUT2D eigenvalue weighted by molar-refractivity contribution is -0.688. The number of hydrogen-bond acceptors (Lipinski definition) is 2. The highest BCUT2D eigenvalue weighted by atomic mass is 79.9.